The van der Waals surface area contributed by atoms with Crippen LogP contribution < -0.4 is 5.32 Å². The summed E-state index contributed by atoms with van der Waals surface area (Å²) >= 11 is 0. The SMILES string of the molecule is CC(C)c1nc(C2CCCN(C(=O)OCc3ccccc3)C2)c2c3c(ncn12)NCC3. The number of rotatable bonds is 4. The Morgan fingerprint density at radius 1 is 1.29 bits per heavy atom. The van der Waals surface area contributed by atoms with E-state index in [2.05, 4.69) is 28.5 Å². The van der Waals surface area contributed by atoms with Crippen molar-refractivity contribution in [3.8, 4) is 0 Å². The van der Waals surface area contributed by atoms with Crippen molar-refractivity contribution in [3.63, 3.8) is 0 Å². The highest BCUT2D eigenvalue weighted by Crippen LogP contribution is 2.36. The van der Waals surface area contributed by atoms with Crippen LogP contribution in [0.2, 0.25) is 0 Å². The van der Waals surface area contributed by atoms with Crippen LogP contribution in [0.5, 0.6) is 0 Å². The predicted octanol–water partition coefficient (Wildman–Crippen LogP) is 4.34. The predicted molar refractivity (Wildman–Crippen MR) is 119 cm³/mol. The quantitative estimate of drug-likeness (QED) is 0.681. The Balaban J connectivity index is 1.40. The molecular weight excluding hydrogens is 390 g/mol. The maximum atomic E-state index is 12.8. The summed E-state index contributed by atoms with van der Waals surface area (Å²) in [7, 11) is 0. The molecule has 5 rings (SSSR count). The second-order valence-corrected chi connectivity index (χ2v) is 8.80. The number of anilines is 1. The summed E-state index contributed by atoms with van der Waals surface area (Å²) in [5.41, 5.74) is 4.54. The van der Waals surface area contributed by atoms with Gasteiger partial charge in [0.05, 0.1) is 11.2 Å². The average molecular weight is 420 g/mol. The van der Waals surface area contributed by atoms with Gasteiger partial charge in [-0.15, -0.1) is 0 Å². The number of fused-ring (bicyclic) bond motifs is 3. The van der Waals surface area contributed by atoms with Crippen molar-refractivity contribution in [3.05, 3.63) is 59.3 Å². The zero-order chi connectivity index (χ0) is 21.4. The first-order chi connectivity index (χ1) is 15.1. The highest BCUT2D eigenvalue weighted by atomic mass is 16.6. The van der Waals surface area contributed by atoms with Crippen LogP contribution in [0.1, 0.15) is 61.2 Å². The number of piperidine rings is 1. The maximum absolute atomic E-state index is 12.8. The number of hydrogen-bond acceptors (Lipinski definition) is 5. The van der Waals surface area contributed by atoms with Gasteiger partial charge in [0, 0.05) is 37.0 Å². The molecule has 31 heavy (non-hydrogen) atoms. The van der Waals surface area contributed by atoms with Crippen molar-refractivity contribution in [2.24, 2.45) is 0 Å². The lowest BCUT2D eigenvalue weighted by molar-refractivity contribution is 0.0857. The van der Waals surface area contributed by atoms with Gasteiger partial charge < -0.3 is 15.0 Å². The summed E-state index contributed by atoms with van der Waals surface area (Å²) in [6, 6.07) is 9.82. The molecule has 0 spiro atoms. The van der Waals surface area contributed by atoms with E-state index in [0.717, 1.165) is 55.3 Å². The third kappa shape index (κ3) is 3.73. The van der Waals surface area contributed by atoms with Crippen LogP contribution in [-0.2, 0) is 17.8 Å². The number of amides is 1. The van der Waals surface area contributed by atoms with E-state index in [1.165, 1.54) is 11.1 Å². The molecule has 1 aromatic carbocycles. The second-order valence-electron chi connectivity index (χ2n) is 8.80. The minimum atomic E-state index is -0.241. The topological polar surface area (TPSA) is 71.8 Å². The molecule has 2 aliphatic heterocycles. The molecule has 1 amide bonds. The number of aromatic nitrogens is 3. The highest BCUT2D eigenvalue weighted by molar-refractivity contribution is 5.72. The Kier molecular flexibility index (Phi) is 5.26. The fourth-order valence-electron chi connectivity index (χ4n) is 4.75. The standard InChI is InChI=1S/C24H29N5O2/c1-16(2)23-27-20(21-19-10-11-25-22(19)26-15-29(21)23)18-9-6-12-28(13-18)24(30)31-14-17-7-4-3-5-8-17/h3-5,7-8,15-16,18,25H,6,9-14H2,1-2H3. The third-order valence-corrected chi connectivity index (χ3v) is 6.29. The molecule has 1 unspecified atom stereocenters. The summed E-state index contributed by atoms with van der Waals surface area (Å²) in [5.74, 6) is 2.51. The lowest BCUT2D eigenvalue weighted by Gasteiger charge is -2.31. The number of ether oxygens (including phenoxy) is 1. The number of carbonyl (C=O) groups excluding carboxylic acids is 1. The molecule has 7 heteroatoms. The lowest BCUT2D eigenvalue weighted by atomic mass is 9.93. The first-order valence-corrected chi connectivity index (χ1v) is 11.2. The summed E-state index contributed by atoms with van der Waals surface area (Å²) in [6.45, 7) is 6.91. The summed E-state index contributed by atoms with van der Waals surface area (Å²) in [4.78, 5) is 24.3. The minimum absolute atomic E-state index is 0.202. The molecule has 1 N–H and O–H groups in total. The molecule has 2 aliphatic rings. The molecule has 0 radical (unpaired) electrons. The summed E-state index contributed by atoms with van der Waals surface area (Å²) in [6.07, 6.45) is 4.59. The van der Waals surface area contributed by atoms with Crippen LogP contribution in [0.4, 0.5) is 10.6 Å². The number of nitrogens with zero attached hydrogens (tertiary/aromatic N) is 4. The molecule has 7 nitrogen and oxygen atoms in total. The van der Waals surface area contributed by atoms with Crippen LogP contribution in [0, 0.1) is 0 Å². The van der Waals surface area contributed by atoms with Gasteiger partial charge in [-0.1, -0.05) is 44.2 Å². The van der Waals surface area contributed by atoms with E-state index in [0.29, 0.717) is 19.1 Å². The van der Waals surface area contributed by atoms with Crippen LogP contribution in [0.15, 0.2) is 36.7 Å². The van der Waals surface area contributed by atoms with Gasteiger partial charge in [0.1, 0.15) is 24.6 Å². The normalized spacial score (nSPS) is 18.3. The Morgan fingerprint density at radius 2 is 2.13 bits per heavy atom. The number of carbonyl (C=O) groups is 1. The fraction of sp³-hybridized carbons (Fsp3) is 0.458. The molecular formula is C24H29N5O2. The van der Waals surface area contributed by atoms with Gasteiger partial charge in [-0.3, -0.25) is 4.40 Å². The van der Waals surface area contributed by atoms with Crippen LogP contribution in [-0.4, -0.2) is 45.0 Å². The van der Waals surface area contributed by atoms with Crippen LogP contribution in [0.25, 0.3) is 5.52 Å². The summed E-state index contributed by atoms with van der Waals surface area (Å²) < 4.78 is 7.76. The third-order valence-electron chi connectivity index (χ3n) is 6.29. The van der Waals surface area contributed by atoms with Gasteiger partial charge in [-0.25, -0.2) is 14.8 Å². The Bertz CT molecular complexity index is 1090. The van der Waals surface area contributed by atoms with Gasteiger partial charge in [0.15, 0.2) is 0 Å². The zero-order valence-corrected chi connectivity index (χ0v) is 18.2. The molecule has 1 fully saturated rings. The van der Waals surface area contributed by atoms with E-state index in [-0.39, 0.29) is 12.0 Å². The fourth-order valence-corrected chi connectivity index (χ4v) is 4.75. The molecule has 162 valence electrons. The Labute approximate surface area is 182 Å². The van der Waals surface area contributed by atoms with E-state index in [1.54, 1.807) is 0 Å². The maximum Gasteiger partial charge on any atom is 0.410 e. The molecule has 2 aromatic heterocycles. The van der Waals surface area contributed by atoms with Gasteiger partial charge in [0.2, 0.25) is 0 Å². The zero-order valence-electron chi connectivity index (χ0n) is 18.2. The molecule has 0 aliphatic carbocycles. The number of hydrogen-bond donors (Lipinski definition) is 1. The van der Waals surface area contributed by atoms with Crippen molar-refractivity contribution < 1.29 is 9.53 Å². The van der Waals surface area contributed by atoms with Crippen molar-refractivity contribution >= 4 is 17.4 Å². The first-order valence-electron chi connectivity index (χ1n) is 11.2. The molecule has 1 atom stereocenters. The molecule has 4 heterocycles. The van der Waals surface area contributed by atoms with E-state index < -0.39 is 0 Å². The van der Waals surface area contributed by atoms with Crippen molar-refractivity contribution in [1.82, 2.24) is 19.3 Å². The summed E-state index contributed by atoms with van der Waals surface area (Å²) in [5, 5.41) is 3.38. The monoisotopic (exact) mass is 419 g/mol. The molecule has 0 bridgehead atoms. The van der Waals surface area contributed by atoms with Crippen molar-refractivity contribution in [2.45, 2.75) is 51.6 Å². The van der Waals surface area contributed by atoms with Gasteiger partial charge >= 0.3 is 6.09 Å². The van der Waals surface area contributed by atoms with E-state index >= 15 is 0 Å². The van der Waals surface area contributed by atoms with Crippen molar-refractivity contribution in [1.29, 1.82) is 0 Å². The van der Waals surface area contributed by atoms with Gasteiger partial charge in [-0.05, 0) is 24.8 Å². The van der Waals surface area contributed by atoms with E-state index in [4.69, 9.17) is 9.72 Å². The van der Waals surface area contributed by atoms with E-state index in [1.807, 2.05) is 41.6 Å². The number of imidazole rings is 1. The average Bonchev–Trinajstić information content (AvgIpc) is 3.42. The second kappa shape index (κ2) is 8.21. The largest absolute Gasteiger partial charge is 0.445 e. The molecule has 1 saturated heterocycles. The number of benzene rings is 1. The molecule has 3 aromatic rings. The highest BCUT2D eigenvalue weighted by Gasteiger charge is 2.31. The number of nitrogens with one attached hydrogen (secondary N) is 1. The van der Waals surface area contributed by atoms with E-state index in [9.17, 15) is 4.79 Å². The Morgan fingerprint density at radius 3 is 2.94 bits per heavy atom. The minimum Gasteiger partial charge on any atom is -0.445 e. The smallest absolute Gasteiger partial charge is 0.410 e. The molecule has 0 saturated carbocycles. The first kappa shape index (κ1) is 19.8. The van der Waals surface area contributed by atoms with Crippen molar-refractivity contribution in [2.75, 3.05) is 25.0 Å². The van der Waals surface area contributed by atoms with Gasteiger partial charge in [-0.2, -0.15) is 0 Å². The van der Waals surface area contributed by atoms with Crippen LogP contribution >= 0.6 is 0 Å². The van der Waals surface area contributed by atoms with Gasteiger partial charge in [0.25, 0.3) is 0 Å². The van der Waals surface area contributed by atoms with Crippen LogP contribution in [0.3, 0.4) is 0 Å². The Hall–Kier alpha value is -3.09. The lowest BCUT2D eigenvalue weighted by Crippen LogP contribution is -2.39. The number of likely N-dealkylation sites (tertiary alicyclic amines) is 1.